The number of amides is 1. The molecular formula is C23H23N3O4. The zero-order valence-corrected chi connectivity index (χ0v) is 17.0. The van der Waals surface area contributed by atoms with Crippen LogP contribution in [0.5, 0.6) is 5.75 Å². The summed E-state index contributed by atoms with van der Waals surface area (Å²) in [5.41, 5.74) is 0.0489. The Labute approximate surface area is 174 Å². The van der Waals surface area contributed by atoms with Crippen LogP contribution in [0.1, 0.15) is 28.9 Å². The molecule has 0 aliphatic carbocycles. The largest absolute Gasteiger partial charge is 0.505 e. The van der Waals surface area contributed by atoms with Gasteiger partial charge in [-0.3, -0.25) is 14.4 Å². The van der Waals surface area contributed by atoms with Crippen LogP contribution >= 0.6 is 0 Å². The van der Waals surface area contributed by atoms with Gasteiger partial charge in [0.2, 0.25) is 0 Å². The highest BCUT2D eigenvalue weighted by Crippen LogP contribution is 2.33. The first-order valence-electron chi connectivity index (χ1n) is 9.43. The Kier molecular flexibility index (Phi) is 6.01. The number of aromatic hydroxyl groups is 1. The van der Waals surface area contributed by atoms with Crippen molar-refractivity contribution in [2.45, 2.75) is 13.0 Å². The molecule has 0 heterocycles. The van der Waals surface area contributed by atoms with Gasteiger partial charge >= 0.3 is 0 Å². The predicted octanol–water partition coefficient (Wildman–Crippen LogP) is 3.16. The highest BCUT2D eigenvalue weighted by atomic mass is 16.3. The molecule has 0 spiro atoms. The second-order valence-electron chi connectivity index (χ2n) is 6.99. The number of carbonyl (C=O) groups excluding carboxylic acids is 1. The summed E-state index contributed by atoms with van der Waals surface area (Å²) in [6.45, 7) is 1.87. The van der Waals surface area contributed by atoms with E-state index in [1.807, 2.05) is 49.4 Å². The molecule has 1 unspecified atom stereocenters. The van der Waals surface area contributed by atoms with E-state index in [9.17, 15) is 19.5 Å². The monoisotopic (exact) mass is 405 g/mol. The van der Waals surface area contributed by atoms with E-state index in [-0.39, 0.29) is 40.3 Å². The predicted molar refractivity (Wildman–Crippen MR) is 118 cm³/mol. The van der Waals surface area contributed by atoms with Crippen LogP contribution in [-0.4, -0.2) is 30.0 Å². The van der Waals surface area contributed by atoms with Gasteiger partial charge in [0, 0.05) is 14.1 Å². The number of carbonyl (C=O) groups is 1. The maximum absolute atomic E-state index is 12.2. The molecule has 0 aliphatic rings. The Morgan fingerprint density at radius 3 is 2.30 bits per heavy atom. The highest BCUT2D eigenvalue weighted by molar-refractivity contribution is 5.99. The topological polar surface area (TPSA) is 98.7 Å². The summed E-state index contributed by atoms with van der Waals surface area (Å²) in [4.78, 5) is 38.0. The second kappa shape index (κ2) is 8.65. The quantitative estimate of drug-likeness (QED) is 0.317. The average molecular weight is 405 g/mol. The minimum Gasteiger partial charge on any atom is -0.505 e. The summed E-state index contributed by atoms with van der Waals surface area (Å²) >= 11 is 0. The fourth-order valence-electron chi connectivity index (χ4n) is 3.09. The maximum Gasteiger partial charge on any atom is 0.257 e. The van der Waals surface area contributed by atoms with Crippen molar-refractivity contribution in [3.8, 4) is 5.75 Å². The number of anilines is 3. The molecular weight excluding hydrogens is 382 g/mol. The van der Waals surface area contributed by atoms with Gasteiger partial charge < -0.3 is 20.6 Å². The van der Waals surface area contributed by atoms with E-state index in [0.29, 0.717) is 0 Å². The molecule has 0 fully saturated rings. The van der Waals surface area contributed by atoms with E-state index in [4.69, 9.17) is 0 Å². The maximum atomic E-state index is 12.2. The van der Waals surface area contributed by atoms with Gasteiger partial charge in [0.05, 0.1) is 17.3 Å². The Bertz CT molecular complexity index is 1160. The molecule has 7 heteroatoms. The summed E-state index contributed by atoms with van der Waals surface area (Å²) in [7, 11) is 3.15. The smallest absolute Gasteiger partial charge is 0.257 e. The van der Waals surface area contributed by atoms with Crippen LogP contribution in [-0.2, 0) is 0 Å². The Hall–Kier alpha value is -3.87. The molecule has 1 atom stereocenters. The first-order chi connectivity index (χ1) is 14.3. The number of benzene rings is 2. The molecule has 0 aliphatic heterocycles. The van der Waals surface area contributed by atoms with Crippen LogP contribution in [0.25, 0.3) is 0 Å². The Morgan fingerprint density at radius 2 is 1.67 bits per heavy atom. The second-order valence-corrected chi connectivity index (χ2v) is 6.99. The lowest BCUT2D eigenvalue weighted by atomic mass is 10.0. The van der Waals surface area contributed by atoms with Crippen LogP contribution in [0, 0.1) is 0 Å². The number of allylic oxidation sites excluding steroid dienone is 1. The van der Waals surface area contributed by atoms with E-state index in [1.165, 1.54) is 17.0 Å². The number of nitrogens with one attached hydrogen (secondary N) is 2. The van der Waals surface area contributed by atoms with Crippen LogP contribution in [0.3, 0.4) is 0 Å². The van der Waals surface area contributed by atoms with Gasteiger partial charge in [-0.2, -0.15) is 0 Å². The fraction of sp³-hybridized carbons (Fsp3) is 0.174. The zero-order valence-electron chi connectivity index (χ0n) is 17.0. The summed E-state index contributed by atoms with van der Waals surface area (Å²) in [5, 5.41) is 16.4. The third-order valence-electron chi connectivity index (χ3n) is 4.69. The van der Waals surface area contributed by atoms with Gasteiger partial charge in [-0.25, -0.2) is 0 Å². The van der Waals surface area contributed by atoms with Gasteiger partial charge in [0.1, 0.15) is 11.4 Å². The van der Waals surface area contributed by atoms with Gasteiger partial charge in [-0.05, 0) is 24.6 Å². The number of para-hydroxylation sites is 1. The lowest BCUT2D eigenvalue weighted by Gasteiger charge is -2.21. The van der Waals surface area contributed by atoms with Crippen LogP contribution in [0.15, 0.2) is 70.3 Å². The lowest BCUT2D eigenvalue weighted by molar-refractivity contribution is 0.0824. The van der Waals surface area contributed by atoms with Crippen molar-refractivity contribution < 1.29 is 9.90 Å². The van der Waals surface area contributed by atoms with Crippen LogP contribution < -0.4 is 21.5 Å². The van der Waals surface area contributed by atoms with E-state index in [2.05, 4.69) is 10.6 Å². The number of phenolic OH excluding ortho intramolecular Hbond substituents is 1. The minimum atomic E-state index is -0.687. The van der Waals surface area contributed by atoms with Gasteiger partial charge in [-0.1, -0.05) is 48.6 Å². The Morgan fingerprint density at radius 1 is 1.00 bits per heavy atom. The summed E-state index contributed by atoms with van der Waals surface area (Å²) in [5.74, 6) is -0.667. The van der Waals surface area contributed by atoms with Crippen LogP contribution in [0.4, 0.5) is 17.1 Å². The summed E-state index contributed by atoms with van der Waals surface area (Å²) in [6, 6.07) is 13.8. The van der Waals surface area contributed by atoms with E-state index in [1.54, 1.807) is 20.2 Å². The van der Waals surface area contributed by atoms with Crippen molar-refractivity contribution in [1.82, 2.24) is 4.90 Å². The van der Waals surface area contributed by atoms with E-state index < -0.39 is 10.9 Å². The molecule has 3 aromatic carbocycles. The number of nitrogens with zero attached hydrogens (tertiary/aromatic N) is 1. The Balaban J connectivity index is 1.93. The molecule has 0 bridgehead atoms. The first kappa shape index (κ1) is 20.9. The fourth-order valence-corrected chi connectivity index (χ4v) is 3.09. The van der Waals surface area contributed by atoms with Crippen molar-refractivity contribution >= 4 is 23.0 Å². The average Bonchev–Trinajstić information content (AvgIpc) is 2.76. The molecule has 3 rings (SSSR count). The molecule has 7 nitrogen and oxygen atoms in total. The third-order valence-corrected chi connectivity index (χ3v) is 4.69. The zero-order chi connectivity index (χ0) is 21.8. The molecule has 154 valence electrons. The van der Waals surface area contributed by atoms with Gasteiger partial charge in [-0.15, -0.1) is 0 Å². The molecule has 0 aromatic heterocycles. The van der Waals surface area contributed by atoms with Gasteiger partial charge in [0.15, 0.2) is 5.75 Å². The molecule has 0 radical (unpaired) electrons. The third kappa shape index (κ3) is 3.96. The highest BCUT2D eigenvalue weighted by Gasteiger charge is 2.25. The SMILES string of the molecule is C/C=C/C(Nc1c(Nc2cccc(C(=O)N(C)C)c2O)c(=O)c1=O)c1ccccc1. The van der Waals surface area contributed by atoms with Crippen molar-refractivity contribution in [3.05, 3.63) is 92.3 Å². The summed E-state index contributed by atoms with van der Waals surface area (Å²) < 4.78 is 0. The lowest BCUT2D eigenvalue weighted by Crippen LogP contribution is -2.37. The molecule has 1 amide bonds. The molecule has 3 aromatic rings. The van der Waals surface area contributed by atoms with E-state index in [0.717, 1.165) is 5.56 Å². The normalized spacial score (nSPS) is 12.1. The number of phenols is 1. The van der Waals surface area contributed by atoms with Crippen LogP contribution in [0.2, 0.25) is 0 Å². The van der Waals surface area contributed by atoms with Gasteiger partial charge in [0.25, 0.3) is 16.8 Å². The first-order valence-corrected chi connectivity index (χ1v) is 9.43. The van der Waals surface area contributed by atoms with Crippen molar-refractivity contribution in [2.75, 3.05) is 24.7 Å². The molecule has 0 saturated heterocycles. The van der Waals surface area contributed by atoms with Crippen molar-refractivity contribution in [1.29, 1.82) is 0 Å². The minimum absolute atomic E-state index is 0.0511. The number of hydrogen-bond acceptors (Lipinski definition) is 6. The van der Waals surface area contributed by atoms with Crippen molar-refractivity contribution in [3.63, 3.8) is 0 Å². The number of rotatable bonds is 7. The van der Waals surface area contributed by atoms with E-state index >= 15 is 0 Å². The standard InChI is InChI=1S/C23H23N3O4/c1-4-9-16(14-10-6-5-7-11-14)24-18-19(22(29)21(18)28)25-17-13-8-12-15(20(17)27)23(30)26(2)3/h4-13,16,24-25,27H,1-3H3/b9-4+. The number of hydrogen-bond donors (Lipinski definition) is 3. The summed E-state index contributed by atoms with van der Waals surface area (Å²) in [6.07, 6.45) is 3.73. The van der Waals surface area contributed by atoms with Crippen molar-refractivity contribution in [2.24, 2.45) is 0 Å². The molecule has 3 N–H and O–H groups in total. The molecule has 0 saturated carbocycles. The molecule has 30 heavy (non-hydrogen) atoms.